The van der Waals surface area contributed by atoms with Crippen molar-refractivity contribution in [3.63, 3.8) is 0 Å². The summed E-state index contributed by atoms with van der Waals surface area (Å²) in [6, 6.07) is 1.86. The van der Waals surface area contributed by atoms with Gasteiger partial charge in [-0.1, -0.05) is 12.2 Å². The molecular formula is C6H6N4S. The third kappa shape index (κ3) is 1.36. The molecular weight excluding hydrogens is 160 g/mol. The lowest BCUT2D eigenvalue weighted by Crippen LogP contribution is -2.24. The number of hydrogen-bond acceptors (Lipinski definition) is 4. The Balaban J connectivity index is 3.12. The van der Waals surface area contributed by atoms with E-state index in [1.165, 1.54) is 0 Å². The van der Waals surface area contributed by atoms with Crippen LogP contribution in [0.3, 0.4) is 0 Å². The number of nitriles is 1. The molecule has 0 aliphatic carbocycles. The van der Waals surface area contributed by atoms with E-state index < -0.39 is 0 Å². The van der Waals surface area contributed by atoms with Gasteiger partial charge in [0.05, 0.1) is 0 Å². The van der Waals surface area contributed by atoms with Crippen LogP contribution in [-0.4, -0.2) is 10.8 Å². The summed E-state index contributed by atoms with van der Waals surface area (Å²) >= 11 is 4.77. The second kappa shape index (κ2) is 2.68. The van der Waals surface area contributed by atoms with Crippen LogP contribution in [0.4, 0.5) is 0 Å². The van der Waals surface area contributed by atoms with Crippen LogP contribution in [0, 0.1) is 11.3 Å². The van der Waals surface area contributed by atoms with E-state index in [4.69, 9.17) is 28.9 Å². The highest BCUT2D eigenvalue weighted by Gasteiger charge is 2.14. The maximum absolute atomic E-state index is 8.53. The topological polar surface area (TPSA) is 88.2 Å². The maximum Gasteiger partial charge on any atom is 0.144 e. The van der Waals surface area contributed by atoms with E-state index in [0.717, 1.165) is 0 Å². The molecule has 1 rings (SSSR count). The van der Waals surface area contributed by atoms with Crippen LogP contribution in [0.25, 0.3) is 0 Å². The molecule has 1 heterocycles. The third-order valence-corrected chi connectivity index (χ3v) is 1.51. The monoisotopic (exact) mass is 166 g/mol. The third-order valence-electron chi connectivity index (χ3n) is 1.28. The molecule has 5 heteroatoms. The maximum atomic E-state index is 8.53. The number of nitrogens with zero attached hydrogens (tertiary/aromatic N) is 2. The first-order chi connectivity index (χ1) is 5.15. The molecule has 4 nitrogen and oxygen atoms in total. The summed E-state index contributed by atoms with van der Waals surface area (Å²) in [7, 11) is 0. The minimum atomic E-state index is 0.126. The molecule has 11 heavy (non-hydrogen) atoms. The highest BCUT2D eigenvalue weighted by atomic mass is 32.1. The SMILES string of the molecule is N#CC1=C(N)CC(=S)N=C1N. The van der Waals surface area contributed by atoms with Crippen LogP contribution in [0.1, 0.15) is 6.42 Å². The molecule has 0 saturated heterocycles. The molecule has 0 atom stereocenters. The molecule has 0 bridgehead atoms. The number of hydrogen-bond donors (Lipinski definition) is 2. The predicted octanol–water partition coefficient (Wildman–Crippen LogP) is -0.189. The molecule has 0 spiro atoms. The first kappa shape index (κ1) is 7.69. The predicted molar refractivity (Wildman–Crippen MR) is 45.7 cm³/mol. The molecule has 0 aromatic rings. The Morgan fingerprint density at radius 3 is 2.64 bits per heavy atom. The second-order valence-corrected chi connectivity index (χ2v) is 2.55. The summed E-state index contributed by atoms with van der Waals surface area (Å²) in [5.41, 5.74) is 11.5. The van der Waals surface area contributed by atoms with E-state index in [1.54, 1.807) is 0 Å². The standard InChI is InChI=1S/C6H6N4S/c7-2-3-4(8)1-5(11)10-6(3)9/h1,8H2,(H2,9,10,11). The van der Waals surface area contributed by atoms with Gasteiger partial charge in [0.15, 0.2) is 0 Å². The summed E-state index contributed by atoms with van der Waals surface area (Å²) in [4.78, 5) is 4.18. The van der Waals surface area contributed by atoms with Crippen LogP contribution in [0.5, 0.6) is 0 Å². The number of rotatable bonds is 0. The van der Waals surface area contributed by atoms with Crippen LogP contribution >= 0.6 is 12.2 Å². The smallest absolute Gasteiger partial charge is 0.144 e. The van der Waals surface area contributed by atoms with Gasteiger partial charge in [-0.25, -0.2) is 4.99 Å². The number of amidine groups is 1. The van der Waals surface area contributed by atoms with Gasteiger partial charge in [-0.05, 0) is 0 Å². The van der Waals surface area contributed by atoms with Crippen molar-refractivity contribution in [1.82, 2.24) is 0 Å². The van der Waals surface area contributed by atoms with E-state index in [-0.39, 0.29) is 11.4 Å². The molecule has 0 radical (unpaired) electrons. The van der Waals surface area contributed by atoms with E-state index in [2.05, 4.69) is 4.99 Å². The molecule has 0 aromatic heterocycles. The second-order valence-electron chi connectivity index (χ2n) is 2.08. The normalized spacial score (nSPS) is 17.7. The summed E-state index contributed by atoms with van der Waals surface area (Å²) < 4.78 is 0. The van der Waals surface area contributed by atoms with Gasteiger partial charge in [-0.15, -0.1) is 0 Å². The van der Waals surface area contributed by atoms with Crippen molar-refractivity contribution in [2.24, 2.45) is 16.5 Å². The van der Waals surface area contributed by atoms with Gasteiger partial charge in [0, 0.05) is 12.1 Å². The molecule has 1 aliphatic rings. The Bertz CT molecular complexity index is 307. The van der Waals surface area contributed by atoms with Gasteiger partial charge in [0.1, 0.15) is 22.5 Å². The van der Waals surface area contributed by atoms with E-state index in [9.17, 15) is 0 Å². The summed E-state index contributed by atoms with van der Waals surface area (Å²) in [5.74, 6) is 0.126. The molecule has 56 valence electrons. The molecule has 0 aromatic carbocycles. The molecule has 4 N–H and O–H groups in total. The lowest BCUT2D eigenvalue weighted by Gasteiger charge is -2.09. The van der Waals surface area contributed by atoms with Gasteiger partial charge in [-0.3, -0.25) is 0 Å². The lowest BCUT2D eigenvalue weighted by atomic mass is 10.1. The summed E-state index contributed by atoms with van der Waals surface area (Å²) in [6.07, 6.45) is 0.360. The van der Waals surface area contributed by atoms with Gasteiger partial charge in [0.2, 0.25) is 0 Å². The Labute approximate surface area is 69.2 Å². The van der Waals surface area contributed by atoms with Gasteiger partial charge in [0.25, 0.3) is 0 Å². The van der Waals surface area contributed by atoms with Gasteiger partial charge >= 0.3 is 0 Å². The van der Waals surface area contributed by atoms with E-state index in [0.29, 0.717) is 17.1 Å². The van der Waals surface area contributed by atoms with E-state index >= 15 is 0 Å². The lowest BCUT2D eigenvalue weighted by molar-refractivity contribution is 1.17. The summed E-state index contributed by atoms with van der Waals surface area (Å²) in [6.45, 7) is 0. The van der Waals surface area contributed by atoms with Crippen LogP contribution in [0.15, 0.2) is 16.3 Å². The fourth-order valence-electron chi connectivity index (χ4n) is 0.775. The van der Waals surface area contributed by atoms with Crippen molar-refractivity contribution in [1.29, 1.82) is 5.26 Å². The van der Waals surface area contributed by atoms with Crippen molar-refractivity contribution < 1.29 is 0 Å². The zero-order valence-corrected chi connectivity index (χ0v) is 6.48. The number of nitrogens with two attached hydrogens (primary N) is 2. The number of aliphatic imine (C=N–C) groups is 1. The summed E-state index contributed by atoms with van der Waals surface area (Å²) in [5, 5.41) is 8.53. The highest BCUT2D eigenvalue weighted by Crippen LogP contribution is 2.10. The zero-order chi connectivity index (χ0) is 8.43. The zero-order valence-electron chi connectivity index (χ0n) is 5.66. The van der Waals surface area contributed by atoms with Crippen molar-refractivity contribution in [2.45, 2.75) is 6.42 Å². The first-order valence-corrected chi connectivity index (χ1v) is 3.32. The quantitative estimate of drug-likeness (QED) is 0.488. The van der Waals surface area contributed by atoms with Crippen molar-refractivity contribution in [3.8, 4) is 6.07 Å². The average molecular weight is 166 g/mol. The minimum absolute atomic E-state index is 0.126. The Morgan fingerprint density at radius 1 is 1.55 bits per heavy atom. The van der Waals surface area contributed by atoms with Crippen LogP contribution < -0.4 is 11.5 Å². The molecule has 0 fully saturated rings. The van der Waals surface area contributed by atoms with Gasteiger partial charge < -0.3 is 11.5 Å². The number of thiocarbonyl (C=S) groups is 1. The average Bonchev–Trinajstić information content (AvgIpc) is 1.85. The van der Waals surface area contributed by atoms with Crippen molar-refractivity contribution in [2.75, 3.05) is 0 Å². The van der Waals surface area contributed by atoms with Crippen molar-refractivity contribution in [3.05, 3.63) is 11.3 Å². The minimum Gasteiger partial charge on any atom is -0.401 e. The van der Waals surface area contributed by atoms with Crippen LogP contribution in [-0.2, 0) is 0 Å². The van der Waals surface area contributed by atoms with Crippen LogP contribution in [0.2, 0.25) is 0 Å². The molecule has 1 aliphatic heterocycles. The molecule has 0 unspecified atom stereocenters. The Kier molecular flexibility index (Phi) is 1.87. The number of dihydropyridines is 1. The highest BCUT2D eigenvalue weighted by molar-refractivity contribution is 7.80. The molecule has 0 amide bonds. The fourth-order valence-corrected chi connectivity index (χ4v) is 1.03. The Morgan fingerprint density at radius 2 is 2.18 bits per heavy atom. The van der Waals surface area contributed by atoms with Crippen molar-refractivity contribution >= 4 is 23.0 Å². The largest absolute Gasteiger partial charge is 0.401 e. The molecule has 0 saturated carbocycles. The van der Waals surface area contributed by atoms with Gasteiger partial charge in [-0.2, -0.15) is 5.26 Å². The Hall–Kier alpha value is -1.41. The first-order valence-electron chi connectivity index (χ1n) is 2.91. The van der Waals surface area contributed by atoms with E-state index in [1.807, 2.05) is 6.07 Å². The fraction of sp³-hybridized carbons (Fsp3) is 0.167.